The summed E-state index contributed by atoms with van der Waals surface area (Å²) in [6.07, 6.45) is 12.3. The van der Waals surface area contributed by atoms with E-state index in [1.165, 1.54) is 57.8 Å². The first-order chi connectivity index (χ1) is 7.32. The topological polar surface area (TPSA) is 23.8 Å². The summed E-state index contributed by atoms with van der Waals surface area (Å²) in [7, 11) is 0. The summed E-state index contributed by atoms with van der Waals surface area (Å²) in [6, 6.07) is 2.74. The fraction of sp³-hybridized carbons (Fsp3) is 0.929. The van der Waals surface area contributed by atoms with Gasteiger partial charge in [0.25, 0.3) is 0 Å². The highest BCUT2D eigenvalue weighted by Gasteiger charge is 2.51. The van der Waals surface area contributed by atoms with E-state index >= 15 is 0 Å². The molecule has 3 fully saturated rings. The molecule has 2 bridgehead atoms. The molecule has 3 aliphatic carbocycles. The lowest BCUT2D eigenvalue weighted by Gasteiger charge is -2.33. The molecule has 0 radical (unpaired) electrons. The van der Waals surface area contributed by atoms with Gasteiger partial charge in [0, 0.05) is 0 Å². The molecule has 1 heteroatoms. The minimum absolute atomic E-state index is 0.123. The fourth-order valence-corrected chi connectivity index (χ4v) is 4.61. The van der Waals surface area contributed by atoms with E-state index in [4.69, 9.17) is 0 Å². The van der Waals surface area contributed by atoms with Crippen LogP contribution in [0.2, 0.25) is 0 Å². The highest BCUT2D eigenvalue weighted by Crippen LogP contribution is 2.59. The highest BCUT2D eigenvalue weighted by molar-refractivity contribution is 5.12. The number of hydrogen-bond acceptors (Lipinski definition) is 1. The molecular weight excluding hydrogens is 182 g/mol. The van der Waals surface area contributed by atoms with Crippen LogP contribution in [0.5, 0.6) is 0 Å². The molecule has 3 unspecified atom stereocenters. The molecule has 1 nitrogen and oxygen atoms in total. The van der Waals surface area contributed by atoms with E-state index in [1.54, 1.807) is 0 Å². The van der Waals surface area contributed by atoms with E-state index in [0.717, 1.165) is 17.8 Å². The second-order valence-corrected chi connectivity index (χ2v) is 6.20. The van der Waals surface area contributed by atoms with Crippen LogP contribution in [0.1, 0.15) is 57.8 Å². The summed E-state index contributed by atoms with van der Waals surface area (Å²) >= 11 is 0. The second-order valence-electron chi connectivity index (χ2n) is 6.20. The summed E-state index contributed by atoms with van der Waals surface area (Å²) in [5, 5.41) is 9.55. The van der Waals surface area contributed by atoms with Crippen LogP contribution in [0.15, 0.2) is 0 Å². The van der Waals surface area contributed by atoms with Crippen molar-refractivity contribution in [2.24, 2.45) is 23.2 Å². The van der Waals surface area contributed by atoms with E-state index < -0.39 is 0 Å². The van der Waals surface area contributed by atoms with Gasteiger partial charge in [0.2, 0.25) is 0 Å². The zero-order valence-corrected chi connectivity index (χ0v) is 9.54. The standard InChI is InChI=1S/C14H21N/c15-10-14(8-11-3-1-2-4-11)9-12-5-6-13(14)7-12/h11-13H,1-9H2. The van der Waals surface area contributed by atoms with Crippen LogP contribution >= 0.6 is 0 Å². The van der Waals surface area contributed by atoms with Gasteiger partial charge in [-0.15, -0.1) is 0 Å². The van der Waals surface area contributed by atoms with Crippen LogP contribution in [-0.2, 0) is 0 Å². The smallest absolute Gasteiger partial charge is 0.0692 e. The Bertz CT molecular complexity index is 284. The minimum Gasteiger partial charge on any atom is -0.198 e. The maximum atomic E-state index is 9.55. The largest absolute Gasteiger partial charge is 0.198 e. The van der Waals surface area contributed by atoms with Gasteiger partial charge in [-0.3, -0.25) is 0 Å². The summed E-state index contributed by atoms with van der Waals surface area (Å²) in [5.41, 5.74) is 0.123. The first-order valence-electron chi connectivity index (χ1n) is 6.74. The molecule has 82 valence electrons. The van der Waals surface area contributed by atoms with Gasteiger partial charge in [0.15, 0.2) is 0 Å². The Morgan fingerprint density at radius 2 is 1.93 bits per heavy atom. The van der Waals surface area contributed by atoms with Crippen molar-refractivity contribution >= 4 is 0 Å². The maximum absolute atomic E-state index is 9.55. The van der Waals surface area contributed by atoms with Crippen molar-refractivity contribution in [2.45, 2.75) is 57.8 Å². The zero-order chi connectivity index (χ0) is 10.3. The van der Waals surface area contributed by atoms with Crippen molar-refractivity contribution in [3.63, 3.8) is 0 Å². The Kier molecular flexibility index (Phi) is 2.27. The lowest BCUT2D eigenvalue weighted by molar-refractivity contribution is 0.188. The van der Waals surface area contributed by atoms with Gasteiger partial charge >= 0.3 is 0 Å². The molecule has 15 heavy (non-hydrogen) atoms. The van der Waals surface area contributed by atoms with Crippen molar-refractivity contribution in [3.05, 3.63) is 0 Å². The zero-order valence-electron chi connectivity index (χ0n) is 9.54. The molecule has 0 aromatic carbocycles. The normalized spacial score (nSPS) is 44.7. The number of hydrogen-bond donors (Lipinski definition) is 0. The lowest BCUT2D eigenvalue weighted by Crippen LogP contribution is -2.28. The van der Waals surface area contributed by atoms with Crippen LogP contribution in [-0.4, -0.2) is 0 Å². The monoisotopic (exact) mass is 203 g/mol. The van der Waals surface area contributed by atoms with E-state index in [1.807, 2.05) is 0 Å². The molecule has 0 N–H and O–H groups in total. The summed E-state index contributed by atoms with van der Waals surface area (Å²) in [5.74, 6) is 2.58. The number of nitriles is 1. The fourth-order valence-electron chi connectivity index (χ4n) is 4.61. The summed E-state index contributed by atoms with van der Waals surface area (Å²) in [4.78, 5) is 0. The molecule has 0 aliphatic heterocycles. The minimum atomic E-state index is 0.123. The molecular formula is C14H21N. The van der Waals surface area contributed by atoms with E-state index in [2.05, 4.69) is 6.07 Å². The number of nitrogens with zero attached hydrogens (tertiary/aromatic N) is 1. The first kappa shape index (κ1) is 9.70. The Labute approximate surface area is 92.9 Å². The Balaban J connectivity index is 1.73. The van der Waals surface area contributed by atoms with Crippen molar-refractivity contribution in [2.75, 3.05) is 0 Å². The third kappa shape index (κ3) is 1.50. The quantitative estimate of drug-likeness (QED) is 0.667. The predicted molar refractivity (Wildman–Crippen MR) is 60.1 cm³/mol. The maximum Gasteiger partial charge on any atom is 0.0692 e. The van der Waals surface area contributed by atoms with Crippen molar-refractivity contribution < 1.29 is 0 Å². The molecule has 3 atom stereocenters. The van der Waals surface area contributed by atoms with Crippen molar-refractivity contribution in [1.82, 2.24) is 0 Å². The van der Waals surface area contributed by atoms with E-state index in [9.17, 15) is 5.26 Å². The number of fused-ring (bicyclic) bond motifs is 2. The molecule has 3 saturated carbocycles. The first-order valence-corrected chi connectivity index (χ1v) is 6.74. The molecule has 3 aliphatic rings. The van der Waals surface area contributed by atoms with Gasteiger partial charge in [0.1, 0.15) is 0 Å². The SMILES string of the molecule is N#CC1(CC2CCCC2)CC2CCC1C2. The Morgan fingerprint density at radius 3 is 2.47 bits per heavy atom. The van der Waals surface area contributed by atoms with Crippen LogP contribution in [0.25, 0.3) is 0 Å². The molecule has 0 aromatic heterocycles. The molecule has 3 rings (SSSR count). The molecule has 0 amide bonds. The van der Waals surface area contributed by atoms with Gasteiger partial charge in [-0.05, 0) is 43.4 Å². The lowest BCUT2D eigenvalue weighted by atomic mass is 9.69. The Hall–Kier alpha value is -0.510. The molecule has 0 spiro atoms. The molecule has 0 saturated heterocycles. The van der Waals surface area contributed by atoms with Gasteiger partial charge in [0.05, 0.1) is 11.5 Å². The van der Waals surface area contributed by atoms with Crippen LogP contribution in [0.3, 0.4) is 0 Å². The van der Waals surface area contributed by atoms with Crippen molar-refractivity contribution in [1.29, 1.82) is 5.26 Å². The third-order valence-corrected chi connectivity index (χ3v) is 5.33. The predicted octanol–water partition coefficient (Wildman–Crippen LogP) is 3.90. The molecule has 0 aromatic rings. The summed E-state index contributed by atoms with van der Waals surface area (Å²) < 4.78 is 0. The third-order valence-electron chi connectivity index (χ3n) is 5.33. The van der Waals surface area contributed by atoms with Gasteiger partial charge in [-0.2, -0.15) is 5.26 Å². The number of rotatable bonds is 2. The van der Waals surface area contributed by atoms with Gasteiger partial charge < -0.3 is 0 Å². The Morgan fingerprint density at radius 1 is 1.13 bits per heavy atom. The van der Waals surface area contributed by atoms with Crippen molar-refractivity contribution in [3.8, 4) is 6.07 Å². The second kappa shape index (κ2) is 3.51. The van der Waals surface area contributed by atoms with Crippen LogP contribution in [0.4, 0.5) is 0 Å². The highest BCUT2D eigenvalue weighted by atomic mass is 14.6. The summed E-state index contributed by atoms with van der Waals surface area (Å²) in [6.45, 7) is 0. The average Bonchev–Trinajstić information content (AvgIpc) is 2.93. The van der Waals surface area contributed by atoms with Gasteiger partial charge in [-0.1, -0.05) is 32.1 Å². The van der Waals surface area contributed by atoms with E-state index in [0.29, 0.717) is 0 Å². The molecule has 0 heterocycles. The van der Waals surface area contributed by atoms with Crippen LogP contribution < -0.4 is 0 Å². The van der Waals surface area contributed by atoms with Crippen LogP contribution in [0, 0.1) is 34.5 Å². The average molecular weight is 203 g/mol. The van der Waals surface area contributed by atoms with Gasteiger partial charge in [-0.25, -0.2) is 0 Å². The van der Waals surface area contributed by atoms with E-state index in [-0.39, 0.29) is 5.41 Å².